The fourth-order valence-electron chi connectivity index (χ4n) is 2.58. The Balaban J connectivity index is 1.75. The Labute approximate surface area is 120 Å². The van der Waals surface area contributed by atoms with Gasteiger partial charge in [0.2, 0.25) is 0 Å². The van der Waals surface area contributed by atoms with Crippen LogP contribution in [0.4, 0.5) is 0 Å². The normalized spacial score (nSPS) is 27.6. The van der Waals surface area contributed by atoms with Crippen molar-refractivity contribution in [1.82, 2.24) is 0 Å². The van der Waals surface area contributed by atoms with Gasteiger partial charge in [0.05, 0.1) is 24.9 Å². The monoisotopic (exact) mass is 280 g/mol. The van der Waals surface area contributed by atoms with Gasteiger partial charge in [-0.1, -0.05) is 30.3 Å². The van der Waals surface area contributed by atoms with Gasteiger partial charge in [-0.25, -0.2) is 0 Å². The molecule has 0 unspecified atom stereocenters. The van der Waals surface area contributed by atoms with Gasteiger partial charge in [-0.3, -0.25) is 0 Å². The summed E-state index contributed by atoms with van der Waals surface area (Å²) in [5.41, 5.74) is 0.534. The Morgan fingerprint density at radius 2 is 2.15 bits per heavy atom. The molecule has 0 radical (unpaired) electrons. The topological polar surface area (TPSA) is 58.9 Å². The smallest absolute Gasteiger partial charge is 0.106 e. The fourth-order valence-corrected chi connectivity index (χ4v) is 2.58. The van der Waals surface area contributed by atoms with Crippen LogP contribution in [0, 0.1) is 0 Å². The largest absolute Gasteiger partial charge is 0.396 e. The summed E-state index contributed by atoms with van der Waals surface area (Å²) in [5, 5.41) is 19.2. The average molecular weight is 280 g/mol. The van der Waals surface area contributed by atoms with Crippen LogP contribution in [-0.2, 0) is 16.1 Å². The molecule has 1 fully saturated rings. The molecule has 1 aromatic carbocycles. The molecule has 20 heavy (non-hydrogen) atoms. The van der Waals surface area contributed by atoms with E-state index in [4.69, 9.17) is 14.6 Å². The van der Waals surface area contributed by atoms with Gasteiger partial charge in [0.1, 0.15) is 6.10 Å². The summed E-state index contributed by atoms with van der Waals surface area (Å²) in [4.78, 5) is 0. The molecule has 0 aliphatic carbocycles. The average Bonchev–Trinajstić information content (AvgIpc) is 2.83. The predicted molar refractivity (Wildman–Crippen MR) is 76.3 cm³/mol. The molecular formula is C16H24O4. The second kappa shape index (κ2) is 7.18. The standard InChI is InChI=1S/C16H24O4/c1-16(9-7-14(20-16)8-10-17)15(18)12-19-11-13-5-3-2-4-6-13/h2-6,14-15,17-18H,7-12H2,1H3/t14-,15-,16+/m1/s1. The number of aliphatic hydroxyl groups is 2. The SMILES string of the molecule is C[C@@]1([C@H](O)COCc2ccccc2)CC[C@H](CCO)O1. The fraction of sp³-hybridized carbons (Fsp3) is 0.625. The highest BCUT2D eigenvalue weighted by atomic mass is 16.5. The van der Waals surface area contributed by atoms with Gasteiger partial charge in [0.15, 0.2) is 0 Å². The van der Waals surface area contributed by atoms with Gasteiger partial charge < -0.3 is 19.7 Å². The molecule has 0 aromatic heterocycles. The van der Waals surface area contributed by atoms with Crippen molar-refractivity contribution >= 4 is 0 Å². The van der Waals surface area contributed by atoms with Crippen molar-refractivity contribution in [2.24, 2.45) is 0 Å². The zero-order valence-corrected chi connectivity index (χ0v) is 12.0. The van der Waals surface area contributed by atoms with E-state index < -0.39 is 11.7 Å². The molecule has 1 aliphatic heterocycles. The first-order chi connectivity index (χ1) is 9.64. The van der Waals surface area contributed by atoms with Gasteiger partial charge >= 0.3 is 0 Å². The molecule has 3 atom stereocenters. The first kappa shape index (κ1) is 15.4. The zero-order valence-electron chi connectivity index (χ0n) is 12.0. The first-order valence-corrected chi connectivity index (χ1v) is 7.22. The number of aliphatic hydroxyl groups excluding tert-OH is 2. The van der Waals surface area contributed by atoms with Crippen molar-refractivity contribution in [3.63, 3.8) is 0 Å². The molecule has 2 N–H and O–H groups in total. The van der Waals surface area contributed by atoms with E-state index in [1.807, 2.05) is 37.3 Å². The zero-order chi connectivity index (χ0) is 14.4. The van der Waals surface area contributed by atoms with E-state index in [2.05, 4.69) is 0 Å². The van der Waals surface area contributed by atoms with Crippen molar-refractivity contribution in [2.45, 2.75) is 50.6 Å². The van der Waals surface area contributed by atoms with Crippen LogP contribution in [0.5, 0.6) is 0 Å². The van der Waals surface area contributed by atoms with Crippen molar-refractivity contribution in [3.8, 4) is 0 Å². The van der Waals surface area contributed by atoms with Crippen LogP contribution in [-0.4, -0.2) is 41.2 Å². The van der Waals surface area contributed by atoms with Crippen molar-refractivity contribution in [2.75, 3.05) is 13.2 Å². The lowest BCUT2D eigenvalue weighted by Crippen LogP contribution is -2.42. The molecule has 1 aliphatic rings. The first-order valence-electron chi connectivity index (χ1n) is 7.22. The Bertz CT molecular complexity index is 395. The van der Waals surface area contributed by atoms with Crippen LogP contribution in [0.15, 0.2) is 30.3 Å². The summed E-state index contributed by atoms with van der Waals surface area (Å²) in [7, 11) is 0. The molecule has 2 rings (SSSR count). The van der Waals surface area contributed by atoms with Crippen LogP contribution in [0.25, 0.3) is 0 Å². The van der Waals surface area contributed by atoms with E-state index in [1.54, 1.807) is 0 Å². The highest BCUT2D eigenvalue weighted by molar-refractivity contribution is 5.13. The van der Waals surface area contributed by atoms with E-state index in [1.165, 1.54) is 0 Å². The summed E-state index contributed by atoms with van der Waals surface area (Å²) >= 11 is 0. The lowest BCUT2D eigenvalue weighted by atomic mass is 9.95. The van der Waals surface area contributed by atoms with Crippen LogP contribution in [0.3, 0.4) is 0 Å². The lowest BCUT2D eigenvalue weighted by molar-refractivity contribution is -0.131. The van der Waals surface area contributed by atoms with Crippen LogP contribution < -0.4 is 0 Å². The molecule has 0 bridgehead atoms. The van der Waals surface area contributed by atoms with Gasteiger partial charge in [-0.2, -0.15) is 0 Å². The quantitative estimate of drug-likeness (QED) is 0.800. The molecule has 112 valence electrons. The second-order valence-corrected chi connectivity index (χ2v) is 5.62. The number of benzene rings is 1. The third-order valence-corrected chi connectivity index (χ3v) is 3.94. The van der Waals surface area contributed by atoms with Crippen LogP contribution in [0.2, 0.25) is 0 Å². The summed E-state index contributed by atoms with van der Waals surface area (Å²) in [5.74, 6) is 0. The molecule has 0 spiro atoms. The maximum atomic E-state index is 10.3. The summed E-state index contributed by atoms with van der Waals surface area (Å²) in [6.07, 6.45) is 1.72. The molecular weight excluding hydrogens is 256 g/mol. The van der Waals surface area contributed by atoms with E-state index in [0.717, 1.165) is 18.4 Å². The Morgan fingerprint density at radius 3 is 2.85 bits per heavy atom. The van der Waals surface area contributed by atoms with Crippen LogP contribution in [0.1, 0.15) is 31.7 Å². The lowest BCUT2D eigenvalue weighted by Gasteiger charge is -2.30. The Hall–Kier alpha value is -0.940. The summed E-state index contributed by atoms with van der Waals surface area (Å²) < 4.78 is 11.4. The second-order valence-electron chi connectivity index (χ2n) is 5.62. The maximum Gasteiger partial charge on any atom is 0.106 e. The van der Waals surface area contributed by atoms with Crippen LogP contribution >= 0.6 is 0 Å². The van der Waals surface area contributed by atoms with E-state index in [-0.39, 0.29) is 19.3 Å². The van der Waals surface area contributed by atoms with E-state index in [0.29, 0.717) is 13.0 Å². The highest BCUT2D eigenvalue weighted by Crippen LogP contribution is 2.34. The van der Waals surface area contributed by atoms with Gasteiger partial charge in [-0.15, -0.1) is 0 Å². The minimum Gasteiger partial charge on any atom is -0.396 e. The summed E-state index contributed by atoms with van der Waals surface area (Å²) in [6, 6.07) is 9.90. The number of hydrogen-bond acceptors (Lipinski definition) is 4. The molecule has 4 heteroatoms. The number of ether oxygens (including phenoxy) is 2. The molecule has 0 saturated carbocycles. The minimum atomic E-state index is -0.644. The summed E-state index contributed by atoms with van der Waals surface area (Å²) in [6.45, 7) is 2.80. The predicted octanol–water partition coefficient (Wildman–Crippen LogP) is 1.88. The molecule has 4 nitrogen and oxygen atoms in total. The Kier molecular flexibility index (Phi) is 5.54. The van der Waals surface area contributed by atoms with Gasteiger partial charge in [0, 0.05) is 6.61 Å². The number of rotatable bonds is 7. The molecule has 1 heterocycles. The van der Waals surface area contributed by atoms with Gasteiger partial charge in [-0.05, 0) is 31.7 Å². The highest BCUT2D eigenvalue weighted by Gasteiger charge is 2.41. The number of hydrogen-bond donors (Lipinski definition) is 2. The third-order valence-electron chi connectivity index (χ3n) is 3.94. The van der Waals surface area contributed by atoms with Gasteiger partial charge in [0.25, 0.3) is 0 Å². The molecule has 0 amide bonds. The van der Waals surface area contributed by atoms with Crippen molar-refractivity contribution < 1.29 is 19.7 Å². The third kappa shape index (κ3) is 4.03. The van der Waals surface area contributed by atoms with Crippen molar-refractivity contribution in [1.29, 1.82) is 0 Å². The van der Waals surface area contributed by atoms with Crippen molar-refractivity contribution in [3.05, 3.63) is 35.9 Å². The van der Waals surface area contributed by atoms with E-state index in [9.17, 15) is 5.11 Å². The Morgan fingerprint density at radius 1 is 1.40 bits per heavy atom. The maximum absolute atomic E-state index is 10.3. The molecule has 1 saturated heterocycles. The van der Waals surface area contributed by atoms with E-state index >= 15 is 0 Å². The molecule has 1 aromatic rings. The minimum absolute atomic E-state index is 0.0498.